The number of aromatic amines is 1. The summed E-state index contributed by atoms with van der Waals surface area (Å²) in [6, 6.07) is 3.26. The van der Waals surface area contributed by atoms with E-state index in [1.807, 2.05) is 0 Å². The number of urea groups is 1. The number of nitrogens with two attached hydrogens (primary N) is 1. The molecule has 0 bridgehead atoms. The number of benzene rings is 1. The Balaban J connectivity index is 1.48. The molecule has 0 aliphatic carbocycles. The van der Waals surface area contributed by atoms with Crippen LogP contribution < -0.4 is 16.0 Å². The van der Waals surface area contributed by atoms with E-state index in [-0.39, 0.29) is 53.6 Å². The van der Waals surface area contributed by atoms with Crippen molar-refractivity contribution in [2.45, 2.75) is 12.7 Å². The number of fused-ring (bicyclic) bond motifs is 2. The maximum absolute atomic E-state index is 14.0. The summed E-state index contributed by atoms with van der Waals surface area (Å²) >= 11 is 0. The Morgan fingerprint density at radius 2 is 1.91 bits per heavy atom. The smallest absolute Gasteiger partial charge is 0.375 e. The summed E-state index contributed by atoms with van der Waals surface area (Å²) in [6.45, 7) is 1.15. The number of halogens is 5. The van der Waals surface area contributed by atoms with Gasteiger partial charge in [0.15, 0.2) is 28.8 Å². The molecule has 1 aliphatic heterocycles. The number of H-pyrrole nitrogens is 1. The molecular weight excluding hydrogens is 477 g/mol. The number of imidazole rings is 2. The van der Waals surface area contributed by atoms with Crippen LogP contribution in [-0.4, -0.2) is 61.7 Å². The fraction of sp³-hybridized carbons (Fsp3) is 0.300. The summed E-state index contributed by atoms with van der Waals surface area (Å²) in [5, 5.41) is 7.10. The molecule has 1 aliphatic rings. The van der Waals surface area contributed by atoms with E-state index in [0.717, 1.165) is 6.07 Å². The number of alkyl halides is 3. The van der Waals surface area contributed by atoms with E-state index in [1.54, 1.807) is 4.90 Å². The summed E-state index contributed by atoms with van der Waals surface area (Å²) in [6.07, 6.45) is -4.02. The third-order valence-corrected chi connectivity index (χ3v) is 5.70. The van der Waals surface area contributed by atoms with E-state index in [9.17, 15) is 26.7 Å². The summed E-state index contributed by atoms with van der Waals surface area (Å²) in [7, 11) is 0. The molecule has 1 fully saturated rings. The average Bonchev–Trinajstić information content (AvgIpc) is 3.44. The first-order chi connectivity index (χ1) is 16.6. The second-order valence-electron chi connectivity index (χ2n) is 7.90. The Morgan fingerprint density at radius 1 is 1.17 bits per heavy atom. The molecule has 0 saturated carbocycles. The van der Waals surface area contributed by atoms with Gasteiger partial charge in [0, 0.05) is 32.2 Å². The number of nitrogens with one attached hydrogen (secondary N) is 2. The van der Waals surface area contributed by atoms with E-state index < -0.39 is 29.5 Å². The minimum atomic E-state index is -4.70. The van der Waals surface area contributed by atoms with Crippen molar-refractivity contribution in [2.24, 2.45) is 5.73 Å². The molecule has 4 heterocycles. The van der Waals surface area contributed by atoms with Crippen LogP contribution in [-0.2, 0) is 12.7 Å². The van der Waals surface area contributed by atoms with Crippen LogP contribution in [0.3, 0.4) is 0 Å². The lowest BCUT2D eigenvalue weighted by atomic mass is 10.3. The molecule has 10 nitrogen and oxygen atoms in total. The van der Waals surface area contributed by atoms with Crippen LogP contribution in [0, 0.1) is 11.6 Å². The van der Waals surface area contributed by atoms with Crippen molar-refractivity contribution in [2.75, 3.05) is 36.4 Å². The van der Waals surface area contributed by atoms with Gasteiger partial charge in [-0.1, -0.05) is 0 Å². The molecule has 0 atom stereocenters. The first-order valence-electron chi connectivity index (χ1n) is 10.4. The number of carbonyl (C=O) groups excluding carboxylic acids is 1. The molecule has 0 unspecified atom stereocenters. The Hall–Kier alpha value is -4.17. The minimum Gasteiger partial charge on any atom is -0.375 e. The van der Waals surface area contributed by atoms with Crippen LogP contribution in [0.2, 0.25) is 0 Å². The van der Waals surface area contributed by atoms with E-state index >= 15 is 0 Å². The van der Waals surface area contributed by atoms with Crippen molar-refractivity contribution < 1.29 is 26.7 Å². The maximum atomic E-state index is 14.0. The number of hydrogen-bond acceptors (Lipinski definition) is 6. The number of nitrogens with zero attached hydrogens (tertiary/aromatic N) is 6. The molecule has 4 aromatic rings. The Kier molecular flexibility index (Phi) is 5.33. The maximum Gasteiger partial charge on any atom is 0.435 e. The number of anilines is 2. The Labute approximate surface area is 193 Å². The highest BCUT2D eigenvalue weighted by atomic mass is 19.4. The largest absolute Gasteiger partial charge is 0.435 e. The summed E-state index contributed by atoms with van der Waals surface area (Å²) in [4.78, 5) is 25.3. The lowest BCUT2D eigenvalue weighted by molar-refractivity contribution is -0.142. The van der Waals surface area contributed by atoms with Crippen LogP contribution in [0.25, 0.3) is 16.7 Å². The van der Waals surface area contributed by atoms with Crippen LogP contribution >= 0.6 is 0 Å². The molecule has 2 amide bonds. The summed E-state index contributed by atoms with van der Waals surface area (Å²) < 4.78 is 68.9. The van der Waals surface area contributed by atoms with Crippen molar-refractivity contribution >= 4 is 34.2 Å². The van der Waals surface area contributed by atoms with Gasteiger partial charge < -0.3 is 25.8 Å². The van der Waals surface area contributed by atoms with Gasteiger partial charge in [-0.05, 0) is 12.1 Å². The fourth-order valence-electron chi connectivity index (χ4n) is 3.92. The normalized spacial score (nSPS) is 14.8. The first kappa shape index (κ1) is 22.6. The second kappa shape index (κ2) is 8.25. The average molecular weight is 495 g/mol. The Bertz CT molecular complexity index is 1420. The summed E-state index contributed by atoms with van der Waals surface area (Å²) in [5.41, 5.74) is 4.46. The quantitative estimate of drug-likeness (QED) is 0.375. The lowest BCUT2D eigenvalue weighted by Crippen LogP contribution is -2.50. The second-order valence-corrected chi connectivity index (χ2v) is 7.90. The van der Waals surface area contributed by atoms with Crippen LogP contribution in [0.1, 0.15) is 11.5 Å². The molecule has 15 heteroatoms. The SMILES string of the molecule is NC(=O)N1CCN(c2cc(NCc3nc4c(F)c(F)ccc4[nH]3)c3ncc(C(F)(F)F)n3n2)CC1. The van der Waals surface area contributed by atoms with Gasteiger partial charge in [-0.25, -0.2) is 28.1 Å². The molecule has 1 saturated heterocycles. The number of piperazine rings is 1. The van der Waals surface area contributed by atoms with Gasteiger partial charge in [0.05, 0.1) is 23.9 Å². The predicted octanol–water partition coefficient (Wildman–Crippen LogP) is 2.72. The number of amides is 2. The van der Waals surface area contributed by atoms with Crippen LogP contribution in [0.4, 0.5) is 38.3 Å². The third-order valence-electron chi connectivity index (χ3n) is 5.70. The summed E-state index contributed by atoms with van der Waals surface area (Å²) in [5.74, 6) is -1.68. The van der Waals surface area contributed by atoms with Crippen molar-refractivity contribution in [1.82, 2.24) is 29.5 Å². The van der Waals surface area contributed by atoms with E-state index in [1.165, 1.54) is 17.0 Å². The Morgan fingerprint density at radius 3 is 2.60 bits per heavy atom. The number of aromatic nitrogens is 5. The third kappa shape index (κ3) is 4.13. The molecule has 1 aromatic carbocycles. The van der Waals surface area contributed by atoms with E-state index in [2.05, 4.69) is 25.4 Å². The number of carbonyl (C=O) groups is 1. The van der Waals surface area contributed by atoms with Gasteiger partial charge in [0.25, 0.3) is 0 Å². The van der Waals surface area contributed by atoms with Crippen molar-refractivity contribution in [3.05, 3.63) is 47.5 Å². The number of rotatable bonds is 4. The van der Waals surface area contributed by atoms with Gasteiger partial charge in [0.2, 0.25) is 0 Å². The zero-order valence-corrected chi connectivity index (χ0v) is 17.9. The standard InChI is InChI=1S/C20H18F5N9O/c21-10-1-2-11-17(16(10)22)30-14(29-11)9-27-12-7-15(32-3-5-33(6-4-32)19(26)35)31-34-13(20(23,24)25)8-28-18(12)34/h1-2,7-8,27H,3-6,9H2,(H2,26,35)(H,29,30). The molecule has 0 radical (unpaired) electrons. The highest BCUT2D eigenvalue weighted by Crippen LogP contribution is 2.32. The van der Waals surface area contributed by atoms with Crippen molar-refractivity contribution in [1.29, 1.82) is 0 Å². The zero-order chi connectivity index (χ0) is 24.9. The zero-order valence-electron chi connectivity index (χ0n) is 17.9. The molecule has 4 N–H and O–H groups in total. The van der Waals surface area contributed by atoms with Gasteiger partial charge >= 0.3 is 12.2 Å². The lowest BCUT2D eigenvalue weighted by Gasteiger charge is -2.34. The highest BCUT2D eigenvalue weighted by molar-refractivity contribution is 5.76. The van der Waals surface area contributed by atoms with Crippen LogP contribution in [0.5, 0.6) is 0 Å². The molecule has 35 heavy (non-hydrogen) atoms. The van der Waals surface area contributed by atoms with Crippen LogP contribution in [0.15, 0.2) is 24.4 Å². The first-order valence-corrected chi connectivity index (χ1v) is 10.4. The van der Waals surface area contributed by atoms with Gasteiger partial charge in [-0.3, -0.25) is 0 Å². The van der Waals surface area contributed by atoms with Crippen molar-refractivity contribution in [3.8, 4) is 0 Å². The number of primary amides is 1. The van der Waals surface area contributed by atoms with Gasteiger partial charge in [-0.2, -0.15) is 13.2 Å². The topological polar surface area (TPSA) is 120 Å². The fourth-order valence-corrected chi connectivity index (χ4v) is 3.92. The number of hydrogen-bond donors (Lipinski definition) is 3. The van der Waals surface area contributed by atoms with Gasteiger partial charge in [-0.15, -0.1) is 5.10 Å². The molecule has 0 spiro atoms. The monoisotopic (exact) mass is 495 g/mol. The minimum absolute atomic E-state index is 0.0431. The molecule has 5 rings (SSSR count). The van der Waals surface area contributed by atoms with E-state index in [0.29, 0.717) is 23.8 Å². The molecule has 3 aromatic heterocycles. The van der Waals surface area contributed by atoms with Gasteiger partial charge in [0.1, 0.15) is 11.3 Å². The molecular formula is C20H18F5N9O. The van der Waals surface area contributed by atoms with E-state index in [4.69, 9.17) is 5.73 Å². The van der Waals surface area contributed by atoms with Crippen molar-refractivity contribution in [3.63, 3.8) is 0 Å². The molecule has 184 valence electrons. The predicted molar refractivity (Wildman–Crippen MR) is 115 cm³/mol. The highest BCUT2D eigenvalue weighted by Gasteiger charge is 2.36.